The van der Waals surface area contributed by atoms with Gasteiger partial charge in [0.05, 0.1) is 22.7 Å². The quantitative estimate of drug-likeness (QED) is 0.564. The van der Waals surface area contributed by atoms with Crippen LogP contribution in [0.1, 0.15) is 70.1 Å². The number of ketones is 2. The van der Waals surface area contributed by atoms with Crippen LogP contribution in [0.15, 0.2) is 60.8 Å². The summed E-state index contributed by atoms with van der Waals surface area (Å²) in [5.41, 5.74) is 2.77. The lowest BCUT2D eigenvalue weighted by Gasteiger charge is -2.20. The van der Waals surface area contributed by atoms with Crippen LogP contribution in [-0.2, 0) is 0 Å². The highest BCUT2D eigenvalue weighted by Gasteiger charge is 2.22. The van der Waals surface area contributed by atoms with Gasteiger partial charge in [-0.1, -0.05) is 32.0 Å². The Labute approximate surface area is 169 Å². The number of Topliss-reactive ketones (excluding diaryl/α,β-unsaturated/α-hetero) is 2. The average molecular weight is 389 g/mol. The Kier molecular flexibility index (Phi) is 6.07. The molecule has 29 heavy (non-hydrogen) atoms. The van der Waals surface area contributed by atoms with Crippen LogP contribution >= 0.6 is 0 Å². The molecule has 0 amide bonds. The zero-order chi connectivity index (χ0) is 21.0. The van der Waals surface area contributed by atoms with E-state index in [0.717, 1.165) is 16.8 Å². The number of hydrogen-bond acceptors (Lipinski definition) is 5. The van der Waals surface area contributed by atoms with E-state index in [1.54, 1.807) is 44.3 Å². The molecular formula is C24H23NO4. The first kappa shape index (κ1) is 20.3. The van der Waals surface area contributed by atoms with Crippen molar-refractivity contribution in [1.82, 2.24) is 4.98 Å². The van der Waals surface area contributed by atoms with E-state index in [2.05, 4.69) is 4.98 Å². The zero-order valence-electron chi connectivity index (χ0n) is 16.4. The fraction of sp³-hybridized carbons (Fsp3) is 0.208. The van der Waals surface area contributed by atoms with E-state index in [1.165, 1.54) is 12.1 Å². The van der Waals surface area contributed by atoms with Crippen LogP contribution in [0.25, 0.3) is 0 Å². The lowest BCUT2D eigenvalue weighted by Crippen LogP contribution is -2.09. The standard InChI is InChI=1S/C24H23NO4/c1-3-20(26)17-13-15(8-10-22(17)28)24(19-7-5-6-12-25-19)16-9-11-23(29)18(14-16)21(27)4-2/h5-14,24,28-29H,3-4H2,1-2H3. The molecule has 2 aromatic carbocycles. The van der Waals surface area contributed by atoms with E-state index in [0.29, 0.717) is 0 Å². The highest BCUT2D eigenvalue weighted by atomic mass is 16.3. The largest absolute Gasteiger partial charge is 0.507 e. The van der Waals surface area contributed by atoms with Crippen LogP contribution < -0.4 is 0 Å². The molecule has 0 radical (unpaired) electrons. The lowest BCUT2D eigenvalue weighted by molar-refractivity contribution is 0.0977. The minimum Gasteiger partial charge on any atom is -0.507 e. The van der Waals surface area contributed by atoms with E-state index in [-0.39, 0.29) is 53.0 Å². The molecule has 0 unspecified atom stereocenters. The van der Waals surface area contributed by atoms with Gasteiger partial charge in [-0.2, -0.15) is 0 Å². The normalized spacial score (nSPS) is 10.9. The number of carbonyl (C=O) groups excluding carboxylic acids is 2. The van der Waals surface area contributed by atoms with Crippen LogP contribution in [0.3, 0.4) is 0 Å². The molecule has 3 aromatic rings. The second kappa shape index (κ2) is 8.69. The van der Waals surface area contributed by atoms with E-state index in [1.807, 2.05) is 18.2 Å². The summed E-state index contributed by atoms with van der Waals surface area (Å²) in [6.45, 7) is 3.49. The van der Waals surface area contributed by atoms with Gasteiger partial charge in [-0.25, -0.2) is 0 Å². The zero-order valence-corrected chi connectivity index (χ0v) is 16.4. The molecule has 0 fully saturated rings. The van der Waals surface area contributed by atoms with Crippen molar-refractivity contribution in [1.29, 1.82) is 0 Å². The molecule has 1 aromatic heterocycles. The Morgan fingerprint density at radius 2 is 1.34 bits per heavy atom. The molecular weight excluding hydrogens is 366 g/mol. The summed E-state index contributed by atoms with van der Waals surface area (Å²) >= 11 is 0. The van der Waals surface area contributed by atoms with Crippen molar-refractivity contribution < 1.29 is 19.8 Å². The van der Waals surface area contributed by atoms with Crippen LogP contribution in [0, 0.1) is 0 Å². The molecule has 0 aliphatic heterocycles. The number of pyridine rings is 1. The number of aromatic hydroxyl groups is 2. The molecule has 0 spiro atoms. The third-order valence-electron chi connectivity index (χ3n) is 4.93. The Morgan fingerprint density at radius 3 is 1.76 bits per heavy atom. The number of nitrogens with zero attached hydrogens (tertiary/aromatic N) is 1. The fourth-order valence-corrected chi connectivity index (χ4v) is 3.37. The summed E-state index contributed by atoms with van der Waals surface area (Å²) in [5.74, 6) is -0.807. The molecule has 0 atom stereocenters. The first-order chi connectivity index (χ1) is 14.0. The second-order valence-electron chi connectivity index (χ2n) is 6.79. The Bertz CT molecular complexity index is 979. The van der Waals surface area contributed by atoms with Gasteiger partial charge >= 0.3 is 0 Å². The third kappa shape index (κ3) is 4.19. The molecule has 5 nitrogen and oxygen atoms in total. The minimum atomic E-state index is -0.371. The Morgan fingerprint density at radius 1 is 0.828 bits per heavy atom. The summed E-state index contributed by atoms with van der Waals surface area (Å²) < 4.78 is 0. The average Bonchev–Trinajstić information content (AvgIpc) is 2.75. The molecule has 0 saturated carbocycles. The van der Waals surface area contributed by atoms with Crippen molar-refractivity contribution in [3.63, 3.8) is 0 Å². The second-order valence-corrected chi connectivity index (χ2v) is 6.79. The number of aromatic nitrogens is 1. The summed E-state index contributed by atoms with van der Waals surface area (Å²) in [4.78, 5) is 29.0. The van der Waals surface area contributed by atoms with Gasteiger partial charge < -0.3 is 10.2 Å². The SMILES string of the molecule is CCC(=O)c1cc(C(c2ccc(O)c(C(=O)CC)c2)c2ccccn2)ccc1O. The van der Waals surface area contributed by atoms with Crippen molar-refractivity contribution in [3.8, 4) is 11.5 Å². The van der Waals surface area contributed by atoms with Gasteiger partial charge in [0.1, 0.15) is 11.5 Å². The first-order valence-electron chi connectivity index (χ1n) is 9.59. The van der Waals surface area contributed by atoms with Gasteiger partial charge in [0, 0.05) is 19.0 Å². The predicted octanol–water partition coefficient (Wildman–Crippen LogP) is 4.86. The minimum absolute atomic E-state index is 0.0621. The van der Waals surface area contributed by atoms with Crippen molar-refractivity contribution in [2.45, 2.75) is 32.6 Å². The lowest BCUT2D eigenvalue weighted by atomic mass is 9.85. The maximum atomic E-state index is 12.3. The Hall–Kier alpha value is -3.47. The Balaban J connectivity index is 2.21. The molecule has 0 bridgehead atoms. The van der Waals surface area contributed by atoms with Crippen molar-refractivity contribution in [2.75, 3.05) is 0 Å². The van der Waals surface area contributed by atoms with E-state index >= 15 is 0 Å². The number of benzene rings is 2. The number of phenols is 2. The molecule has 2 N–H and O–H groups in total. The maximum absolute atomic E-state index is 12.3. The van der Waals surface area contributed by atoms with Gasteiger partial charge in [0.15, 0.2) is 11.6 Å². The van der Waals surface area contributed by atoms with Crippen molar-refractivity contribution in [3.05, 3.63) is 88.7 Å². The number of phenolic OH excluding ortho intramolecular Hbond substituents is 2. The molecule has 3 rings (SSSR count). The van der Waals surface area contributed by atoms with Gasteiger partial charge in [0.2, 0.25) is 0 Å². The van der Waals surface area contributed by atoms with Crippen LogP contribution in [-0.4, -0.2) is 26.8 Å². The molecule has 0 aliphatic carbocycles. The van der Waals surface area contributed by atoms with Gasteiger partial charge in [-0.3, -0.25) is 14.6 Å². The highest BCUT2D eigenvalue weighted by molar-refractivity contribution is 5.99. The molecule has 0 saturated heterocycles. The van der Waals surface area contributed by atoms with E-state index in [4.69, 9.17) is 0 Å². The number of rotatable bonds is 7. The first-order valence-corrected chi connectivity index (χ1v) is 9.59. The summed E-state index contributed by atoms with van der Waals surface area (Å²) in [7, 11) is 0. The van der Waals surface area contributed by atoms with Gasteiger partial charge in [0.25, 0.3) is 0 Å². The topological polar surface area (TPSA) is 87.5 Å². The van der Waals surface area contributed by atoms with E-state index < -0.39 is 0 Å². The molecule has 5 heteroatoms. The monoisotopic (exact) mass is 389 g/mol. The summed E-state index contributed by atoms with van der Waals surface area (Å²) in [5, 5.41) is 20.3. The van der Waals surface area contributed by atoms with Crippen molar-refractivity contribution in [2.24, 2.45) is 0 Å². The van der Waals surface area contributed by atoms with E-state index in [9.17, 15) is 19.8 Å². The summed E-state index contributed by atoms with van der Waals surface area (Å²) in [6.07, 6.45) is 2.23. The highest BCUT2D eigenvalue weighted by Crippen LogP contribution is 2.35. The maximum Gasteiger partial charge on any atom is 0.166 e. The van der Waals surface area contributed by atoms with Gasteiger partial charge in [-0.15, -0.1) is 0 Å². The van der Waals surface area contributed by atoms with Gasteiger partial charge in [-0.05, 0) is 47.5 Å². The third-order valence-corrected chi connectivity index (χ3v) is 4.93. The van der Waals surface area contributed by atoms with Crippen LogP contribution in [0.4, 0.5) is 0 Å². The van der Waals surface area contributed by atoms with Crippen LogP contribution in [0.5, 0.6) is 11.5 Å². The molecule has 0 aliphatic rings. The van der Waals surface area contributed by atoms with Crippen LogP contribution in [0.2, 0.25) is 0 Å². The molecule has 148 valence electrons. The summed E-state index contributed by atoms with van der Waals surface area (Å²) in [6, 6.07) is 15.4. The smallest absolute Gasteiger partial charge is 0.166 e. The predicted molar refractivity (Wildman–Crippen MR) is 111 cm³/mol. The number of carbonyl (C=O) groups is 2. The van der Waals surface area contributed by atoms with Crippen molar-refractivity contribution >= 4 is 11.6 Å². The molecule has 1 heterocycles. The number of hydrogen-bond donors (Lipinski definition) is 2. The fourth-order valence-electron chi connectivity index (χ4n) is 3.37.